The minimum atomic E-state index is 0.837. The highest BCUT2D eigenvalue weighted by Crippen LogP contribution is 2.25. The molecular formula is C12H10Br2N2. The van der Waals surface area contributed by atoms with E-state index in [1.54, 1.807) is 6.20 Å². The Bertz CT molecular complexity index is 495. The lowest BCUT2D eigenvalue weighted by molar-refractivity contribution is 1.28. The number of rotatable bonds is 2. The van der Waals surface area contributed by atoms with Gasteiger partial charge >= 0.3 is 0 Å². The molecule has 1 aromatic heterocycles. The number of nitrogens with one attached hydrogen (secondary N) is 1. The van der Waals surface area contributed by atoms with Crippen LogP contribution in [0.3, 0.4) is 0 Å². The highest BCUT2D eigenvalue weighted by molar-refractivity contribution is 9.10. The molecule has 2 rings (SSSR count). The van der Waals surface area contributed by atoms with Gasteiger partial charge in [-0.1, -0.05) is 22.0 Å². The van der Waals surface area contributed by atoms with Crippen LogP contribution in [0.4, 0.5) is 11.5 Å². The summed E-state index contributed by atoms with van der Waals surface area (Å²) in [6.45, 7) is 2.06. The van der Waals surface area contributed by atoms with Crippen LogP contribution >= 0.6 is 31.9 Å². The predicted octanol–water partition coefficient (Wildman–Crippen LogP) is 4.66. The first kappa shape index (κ1) is 11.6. The number of pyridine rings is 1. The zero-order valence-electron chi connectivity index (χ0n) is 8.67. The van der Waals surface area contributed by atoms with Crippen molar-refractivity contribution >= 4 is 43.4 Å². The lowest BCUT2D eigenvalue weighted by atomic mass is 10.2. The number of benzene rings is 1. The van der Waals surface area contributed by atoms with Crippen molar-refractivity contribution in [1.82, 2.24) is 4.98 Å². The van der Waals surface area contributed by atoms with Crippen molar-refractivity contribution < 1.29 is 0 Å². The van der Waals surface area contributed by atoms with Crippen molar-refractivity contribution in [3.8, 4) is 0 Å². The molecule has 0 spiro atoms. The van der Waals surface area contributed by atoms with E-state index in [1.807, 2.05) is 30.3 Å². The monoisotopic (exact) mass is 340 g/mol. The summed E-state index contributed by atoms with van der Waals surface area (Å²) in [5.74, 6) is 0.837. The van der Waals surface area contributed by atoms with E-state index < -0.39 is 0 Å². The van der Waals surface area contributed by atoms with Gasteiger partial charge in [0.15, 0.2) is 0 Å². The molecule has 0 saturated heterocycles. The molecule has 0 aliphatic carbocycles. The predicted molar refractivity (Wildman–Crippen MR) is 74.1 cm³/mol. The van der Waals surface area contributed by atoms with E-state index in [1.165, 1.54) is 5.56 Å². The molecule has 0 amide bonds. The first-order valence-corrected chi connectivity index (χ1v) is 6.39. The Balaban J connectivity index is 2.27. The third-order valence-electron chi connectivity index (χ3n) is 2.26. The van der Waals surface area contributed by atoms with Crippen molar-refractivity contribution in [3.05, 3.63) is 51.0 Å². The third-order valence-corrected chi connectivity index (χ3v) is 3.59. The van der Waals surface area contributed by atoms with E-state index >= 15 is 0 Å². The fourth-order valence-electron chi connectivity index (χ4n) is 1.33. The van der Waals surface area contributed by atoms with Gasteiger partial charge in [0.05, 0.1) is 0 Å². The van der Waals surface area contributed by atoms with Gasteiger partial charge in [0.25, 0.3) is 0 Å². The molecule has 0 saturated carbocycles. The van der Waals surface area contributed by atoms with E-state index in [-0.39, 0.29) is 0 Å². The number of aromatic nitrogens is 1. The zero-order chi connectivity index (χ0) is 11.5. The molecule has 0 aliphatic heterocycles. The van der Waals surface area contributed by atoms with Gasteiger partial charge in [-0.15, -0.1) is 0 Å². The molecule has 1 N–H and O–H groups in total. The fraction of sp³-hybridized carbons (Fsp3) is 0.0833. The molecule has 2 aromatic rings. The molecule has 4 heteroatoms. The summed E-state index contributed by atoms with van der Waals surface area (Å²) in [5.41, 5.74) is 2.23. The van der Waals surface area contributed by atoms with Crippen molar-refractivity contribution in [3.63, 3.8) is 0 Å². The smallest absolute Gasteiger partial charge is 0.130 e. The van der Waals surface area contributed by atoms with E-state index in [9.17, 15) is 0 Å². The van der Waals surface area contributed by atoms with Crippen LogP contribution in [0.2, 0.25) is 0 Å². The van der Waals surface area contributed by atoms with Crippen LogP contribution in [-0.4, -0.2) is 4.98 Å². The highest BCUT2D eigenvalue weighted by atomic mass is 79.9. The third kappa shape index (κ3) is 2.62. The summed E-state index contributed by atoms with van der Waals surface area (Å²) in [6.07, 6.45) is 1.77. The first-order chi connectivity index (χ1) is 7.66. The zero-order valence-corrected chi connectivity index (χ0v) is 11.8. The van der Waals surface area contributed by atoms with Gasteiger partial charge in [-0.2, -0.15) is 0 Å². The Kier molecular flexibility index (Phi) is 3.61. The second-order valence-electron chi connectivity index (χ2n) is 3.40. The standard InChI is InChI=1S/C12H10Br2N2/c1-8-10(14)3-2-4-11(8)16-12-6-5-9(13)7-15-12/h2-7H,1H3,(H,15,16). The maximum Gasteiger partial charge on any atom is 0.130 e. The van der Waals surface area contributed by atoms with Crippen LogP contribution in [0.5, 0.6) is 0 Å². The van der Waals surface area contributed by atoms with Crippen LogP contribution in [0, 0.1) is 6.92 Å². The lowest BCUT2D eigenvalue weighted by Gasteiger charge is -2.09. The summed E-state index contributed by atoms with van der Waals surface area (Å²) >= 11 is 6.86. The van der Waals surface area contributed by atoms with Gasteiger partial charge in [-0.3, -0.25) is 0 Å². The number of hydrogen-bond acceptors (Lipinski definition) is 2. The number of nitrogens with zero attached hydrogens (tertiary/aromatic N) is 1. The molecule has 0 radical (unpaired) electrons. The van der Waals surface area contributed by atoms with E-state index in [0.717, 1.165) is 20.5 Å². The molecule has 2 nitrogen and oxygen atoms in total. The Morgan fingerprint density at radius 3 is 2.62 bits per heavy atom. The first-order valence-electron chi connectivity index (χ1n) is 4.80. The van der Waals surface area contributed by atoms with Crippen LogP contribution in [-0.2, 0) is 0 Å². The van der Waals surface area contributed by atoms with Gasteiger partial charge in [0.1, 0.15) is 5.82 Å². The van der Waals surface area contributed by atoms with Gasteiger partial charge in [-0.25, -0.2) is 4.98 Å². The quantitative estimate of drug-likeness (QED) is 0.859. The van der Waals surface area contributed by atoms with Crippen molar-refractivity contribution in [2.45, 2.75) is 6.92 Å². The SMILES string of the molecule is Cc1c(Br)cccc1Nc1ccc(Br)cn1. The summed E-state index contributed by atoms with van der Waals surface area (Å²) < 4.78 is 2.07. The molecule has 1 heterocycles. The van der Waals surface area contributed by atoms with Gasteiger partial charge in [-0.05, 0) is 52.7 Å². The van der Waals surface area contributed by atoms with Gasteiger partial charge in [0, 0.05) is 20.8 Å². The van der Waals surface area contributed by atoms with E-state index in [2.05, 4.69) is 49.1 Å². The average Bonchev–Trinajstić information content (AvgIpc) is 2.28. The average molecular weight is 342 g/mol. The molecule has 82 valence electrons. The number of halogens is 2. The molecule has 0 bridgehead atoms. The molecule has 16 heavy (non-hydrogen) atoms. The molecule has 0 aliphatic rings. The van der Waals surface area contributed by atoms with Crippen LogP contribution < -0.4 is 5.32 Å². The van der Waals surface area contributed by atoms with Crippen molar-refractivity contribution in [2.24, 2.45) is 0 Å². The molecular weight excluding hydrogens is 332 g/mol. The lowest BCUT2D eigenvalue weighted by Crippen LogP contribution is -1.95. The minimum absolute atomic E-state index is 0.837. The molecule has 0 atom stereocenters. The largest absolute Gasteiger partial charge is 0.340 e. The van der Waals surface area contributed by atoms with Crippen LogP contribution in [0.1, 0.15) is 5.56 Å². The normalized spacial score (nSPS) is 10.2. The van der Waals surface area contributed by atoms with Crippen LogP contribution in [0.25, 0.3) is 0 Å². The summed E-state index contributed by atoms with van der Waals surface area (Å²) in [5, 5.41) is 3.28. The Morgan fingerprint density at radius 1 is 1.12 bits per heavy atom. The molecule has 1 aromatic carbocycles. The Hall–Kier alpha value is -0.870. The Morgan fingerprint density at radius 2 is 1.94 bits per heavy atom. The number of hydrogen-bond donors (Lipinski definition) is 1. The fourth-order valence-corrected chi connectivity index (χ4v) is 1.93. The minimum Gasteiger partial charge on any atom is -0.340 e. The van der Waals surface area contributed by atoms with Crippen molar-refractivity contribution in [1.29, 1.82) is 0 Å². The maximum atomic E-state index is 4.27. The summed E-state index contributed by atoms with van der Waals surface area (Å²) in [4.78, 5) is 4.27. The second-order valence-corrected chi connectivity index (χ2v) is 5.17. The van der Waals surface area contributed by atoms with E-state index in [4.69, 9.17) is 0 Å². The van der Waals surface area contributed by atoms with Crippen LogP contribution in [0.15, 0.2) is 45.5 Å². The molecule has 0 fully saturated rings. The molecule has 0 unspecified atom stereocenters. The summed E-state index contributed by atoms with van der Waals surface area (Å²) in [6, 6.07) is 9.95. The maximum absolute atomic E-state index is 4.27. The van der Waals surface area contributed by atoms with Gasteiger partial charge < -0.3 is 5.32 Å². The topological polar surface area (TPSA) is 24.9 Å². The highest BCUT2D eigenvalue weighted by Gasteiger charge is 2.02. The van der Waals surface area contributed by atoms with Crippen molar-refractivity contribution in [2.75, 3.05) is 5.32 Å². The second kappa shape index (κ2) is 4.97. The Labute approximate surface area is 111 Å². The van der Waals surface area contributed by atoms with Gasteiger partial charge in [0.2, 0.25) is 0 Å². The summed E-state index contributed by atoms with van der Waals surface area (Å²) in [7, 11) is 0. The van der Waals surface area contributed by atoms with E-state index in [0.29, 0.717) is 0 Å². The number of anilines is 2.